The molecule has 0 aliphatic carbocycles. The van der Waals surface area contributed by atoms with E-state index < -0.39 is 0 Å². The number of nitrogens with zero attached hydrogens (tertiary/aromatic N) is 2. The van der Waals surface area contributed by atoms with Gasteiger partial charge in [-0.05, 0) is 15.9 Å². The van der Waals surface area contributed by atoms with Crippen molar-refractivity contribution < 1.29 is 8.68 Å². The zero-order valence-electron chi connectivity index (χ0n) is 4.62. The number of halogens is 2. The second-order valence-electron chi connectivity index (χ2n) is 1.45. The fourth-order valence-corrected chi connectivity index (χ4v) is 1.18. The van der Waals surface area contributed by atoms with Crippen molar-refractivity contribution in [1.29, 1.82) is 0 Å². The smallest absolute Gasteiger partial charge is 0.189 e. The highest BCUT2D eigenvalue weighted by atomic mass is 79.9. The molecular formula is C4H2BrFN2OS. The Balaban J connectivity index is 3.03. The van der Waals surface area contributed by atoms with Crippen LogP contribution in [0.5, 0.6) is 0 Å². The monoisotopic (exact) mass is 224 g/mol. The molecule has 1 heterocycles. The van der Waals surface area contributed by atoms with Crippen LogP contribution in [0.3, 0.4) is 0 Å². The summed E-state index contributed by atoms with van der Waals surface area (Å²) in [4.78, 5) is 13.7. The zero-order chi connectivity index (χ0) is 7.56. The summed E-state index contributed by atoms with van der Waals surface area (Å²) in [6.07, 6.45) is 1.85. The van der Waals surface area contributed by atoms with Crippen LogP contribution < -0.4 is 0 Å². The lowest BCUT2D eigenvalue weighted by Crippen LogP contribution is -1.77. The van der Waals surface area contributed by atoms with E-state index in [0.29, 0.717) is 11.0 Å². The molecule has 0 fully saturated rings. The third-order valence-corrected chi connectivity index (χ3v) is 2.07. The summed E-state index contributed by atoms with van der Waals surface area (Å²) in [5.41, 5.74) is 0.206. The van der Waals surface area contributed by atoms with E-state index in [9.17, 15) is 8.68 Å². The number of rotatable bonds is 2. The standard InChI is InChI=1S/C4H2BrFN2OS/c5-4-7-3(2-9)1-8(4)10-6/h1-2H. The fourth-order valence-electron chi connectivity index (χ4n) is 0.463. The Morgan fingerprint density at radius 3 is 2.90 bits per heavy atom. The molecule has 0 atom stereocenters. The SMILES string of the molecule is O=Cc1cn(SF)c(Br)n1. The molecule has 1 aromatic heterocycles. The number of hydrogen-bond donors (Lipinski definition) is 0. The van der Waals surface area contributed by atoms with Crippen molar-refractivity contribution in [1.82, 2.24) is 8.96 Å². The maximum absolute atomic E-state index is 11.8. The number of carbonyl (C=O) groups excluding carboxylic acids is 1. The van der Waals surface area contributed by atoms with Gasteiger partial charge in [-0.25, -0.2) is 8.96 Å². The fraction of sp³-hybridized carbons (Fsp3) is 0. The average Bonchev–Trinajstić information content (AvgIpc) is 2.30. The third-order valence-electron chi connectivity index (χ3n) is 0.848. The van der Waals surface area contributed by atoms with E-state index in [2.05, 4.69) is 20.9 Å². The van der Waals surface area contributed by atoms with Gasteiger partial charge in [0.2, 0.25) is 0 Å². The summed E-state index contributed by atoms with van der Waals surface area (Å²) < 4.78 is 13.2. The molecule has 0 saturated heterocycles. The first-order chi connectivity index (χ1) is 4.77. The van der Waals surface area contributed by atoms with Gasteiger partial charge in [-0.3, -0.25) is 4.79 Å². The van der Waals surface area contributed by atoms with Crippen molar-refractivity contribution in [2.45, 2.75) is 0 Å². The Bertz CT molecular complexity index is 251. The molecule has 0 spiro atoms. The molecule has 6 heteroatoms. The summed E-state index contributed by atoms with van der Waals surface area (Å²) in [7, 11) is 0. The van der Waals surface area contributed by atoms with Crippen molar-refractivity contribution in [2.75, 3.05) is 0 Å². The van der Waals surface area contributed by atoms with Crippen molar-refractivity contribution in [3.05, 3.63) is 16.6 Å². The van der Waals surface area contributed by atoms with Crippen molar-refractivity contribution in [2.24, 2.45) is 0 Å². The first-order valence-electron chi connectivity index (χ1n) is 2.27. The number of aromatic nitrogens is 2. The molecule has 54 valence electrons. The van der Waals surface area contributed by atoms with E-state index in [1.54, 1.807) is 0 Å². The summed E-state index contributed by atoms with van der Waals surface area (Å²) in [6, 6.07) is 0. The van der Waals surface area contributed by atoms with Gasteiger partial charge < -0.3 is 0 Å². The highest BCUT2D eigenvalue weighted by molar-refractivity contribution is 9.10. The molecule has 0 bridgehead atoms. The lowest BCUT2D eigenvalue weighted by Gasteiger charge is -1.87. The van der Waals surface area contributed by atoms with Crippen molar-refractivity contribution in [3.63, 3.8) is 0 Å². The molecule has 0 aliphatic heterocycles. The number of imidazole rings is 1. The predicted octanol–water partition coefficient (Wildman–Crippen LogP) is 1.84. The van der Waals surface area contributed by atoms with Gasteiger partial charge in [0.05, 0.1) is 0 Å². The van der Waals surface area contributed by atoms with Crippen molar-refractivity contribution in [3.8, 4) is 0 Å². The van der Waals surface area contributed by atoms with Gasteiger partial charge in [0.15, 0.2) is 23.4 Å². The minimum absolute atomic E-state index is 0.0200. The van der Waals surface area contributed by atoms with Gasteiger partial charge in [-0.15, -0.1) is 3.89 Å². The first-order valence-corrected chi connectivity index (χ1v) is 3.73. The Hall–Kier alpha value is -0.360. The zero-order valence-corrected chi connectivity index (χ0v) is 7.02. The Morgan fingerprint density at radius 2 is 2.60 bits per heavy atom. The van der Waals surface area contributed by atoms with Crippen LogP contribution in [0.1, 0.15) is 10.5 Å². The van der Waals surface area contributed by atoms with Crippen LogP contribution >= 0.6 is 28.3 Å². The van der Waals surface area contributed by atoms with Gasteiger partial charge in [0, 0.05) is 6.20 Å². The van der Waals surface area contributed by atoms with E-state index in [1.165, 1.54) is 6.20 Å². The Labute approximate surface area is 69.2 Å². The molecule has 0 amide bonds. The van der Waals surface area contributed by atoms with Gasteiger partial charge >= 0.3 is 0 Å². The summed E-state index contributed by atoms with van der Waals surface area (Å²) in [5, 5.41) is 0. The van der Waals surface area contributed by atoms with Crippen LogP contribution in [0.25, 0.3) is 0 Å². The second kappa shape index (κ2) is 3.16. The molecule has 0 aliphatic rings. The van der Waals surface area contributed by atoms with E-state index in [1.807, 2.05) is 0 Å². The maximum atomic E-state index is 11.8. The molecule has 10 heavy (non-hydrogen) atoms. The van der Waals surface area contributed by atoms with Gasteiger partial charge in [0.25, 0.3) is 0 Å². The molecule has 1 rings (SSSR count). The molecular weight excluding hydrogens is 223 g/mol. The van der Waals surface area contributed by atoms with Gasteiger partial charge in [0.1, 0.15) is 5.69 Å². The Morgan fingerprint density at radius 1 is 1.90 bits per heavy atom. The second-order valence-corrected chi connectivity index (χ2v) is 2.69. The van der Waals surface area contributed by atoms with Gasteiger partial charge in [-0.2, -0.15) is 0 Å². The average molecular weight is 225 g/mol. The minimum atomic E-state index is -0.0200. The van der Waals surface area contributed by atoms with E-state index >= 15 is 0 Å². The van der Waals surface area contributed by atoms with Crippen LogP contribution in [0.15, 0.2) is 10.9 Å². The molecule has 0 unspecified atom stereocenters. The number of aldehydes is 1. The molecule has 0 aromatic carbocycles. The summed E-state index contributed by atoms with van der Waals surface area (Å²) >= 11 is 2.93. The van der Waals surface area contributed by atoms with Crippen LogP contribution in [0, 0.1) is 0 Å². The van der Waals surface area contributed by atoms with Crippen molar-refractivity contribution >= 4 is 34.5 Å². The first kappa shape index (κ1) is 7.74. The lowest BCUT2D eigenvalue weighted by molar-refractivity contribution is 0.111. The molecule has 3 nitrogen and oxygen atoms in total. The van der Waals surface area contributed by atoms with Crippen LogP contribution in [0.4, 0.5) is 3.89 Å². The summed E-state index contributed by atoms with van der Waals surface area (Å²) in [6.45, 7) is 0. The maximum Gasteiger partial charge on any atom is 0.189 e. The third kappa shape index (κ3) is 1.38. The molecule has 0 N–H and O–H groups in total. The highest BCUT2D eigenvalue weighted by Crippen LogP contribution is 2.16. The van der Waals surface area contributed by atoms with Crippen LogP contribution in [0.2, 0.25) is 0 Å². The molecule has 1 aromatic rings. The molecule has 0 radical (unpaired) electrons. The largest absolute Gasteiger partial charge is 0.296 e. The quantitative estimate of drug-likeness (QED) is 0.720. The Kier molecular flexibility index (Phi) is 2.44. The van der Waals surface area contributed by atoms with Crippen LogP contribution in [-0.4, -0.2) is 15.2 Å². The number of hydrogen-bond acceptors (Lipinski definition) is 3. The topological polar surface area (TPSA) is 34.9 Å². The van der Waals surface area contributed by atoms with E-state index in [0.717, 1.165) is 3.97 Å². The number of carbonyl (C=O) groups is 1. The normalized spacial score (nSPS) is 9.80. The minimum Gasteiger partial charge on any atom is -0.296 e. The van der Waals surface area contributed by atoms with Crippen LogP contribution in [-0.2, 0) is 0 Å². The summed E-state index contributed by atoms with van der Waals surface area (Å²) in [5.74, 6) is 0. The van der Waals surface area contributed by atoms with E-state index in [-0.39, 0.29) is 18.0 Å². The lowest BCUT2D eigenvalue weighted by atomic mass is 10.6. The predicted molar refractivity (Wildman–Crippen MR) is 39.4 cm³/mol. The highest BCUT2D eigenvalue weighted by Gasteiger charge is 2.03. The van der Waals surface area contributed by atoms with Gasteiger partial charge in [-0.1, -0.05) is 0 Å². The molecule has 0 saturated carbocycles. The van der Waals surface area contributed by atoms with E-state index in [4.69, 9.17) is 0 Å².